The summed E-state index contributed by atoms with van der Waals surface area (Å²) in [6, 6.07) is 17.2. The van der Waals surface area contributed by atoms with Crippen LogP contribution in [0, 0.1) is 6.92 Å². The monoisotopic (exact) mass is 583 g/mol. The van der Waals surface area contributed by atoms with Gasteiger partial charge in [-0.1, -0.05) is 29.8 Å². The van der Waals surface area contributed by atoms with Crippen molar-refractivity contribution in [3.8, 4) is 17.2 Å². The molecule has 0 aromatic heterocycles. The summed E-state index contributed by atoms with van der Waals surface area (Å²) in [7, 11) is 0.164. The van der Waals surface area contributed by atoms with Crippen molar-refractivity contribution in [2.24, 2.45) is 0 Å². The molecule has 1 N–H and O–H groups in total. The van der Waals surface area contributed by atoms with E-state index in [9.17, 15) is 18.0 Å². The number of hydrogen-bond donors (Lipinski definition) is 1. The molecule has 0 saturated carbocycles. The number of rotatable bonds is 13. The maximum absolute atomic E-state index is 14.1. The lowest BCUT2D eigenvalue weighted by Gasteiger charge is -2.32. The van der Waals surface area contributed by atoms with Gasteiger partial charge in [-0.05, 0) is 62.7 Å². The Morgan fingerprint density at radius 2 is 1.49 bits per heavy atom. The third-order valence-corrected chi connectivity index (χ3v) is 8.35. The Labute approximate surface area is 241 Å². The van der Waals surface area contributed by atoms with Gasteiger partial charge in [-0.3, -0.25) is 13.9 Å². The molecule has 0 aliphatic rings. The van der Waals surface area contributed by atoms with Gasteiger partial charge >= 0.3 is 0 Å². The lowest BCUT2D eigenvalue weighted by Crippen LogP contribution is -2.51. The molecule has 0 heterocycles. The minimum absolute atomic E-state index is 0.000693. The first-order chi connectivity index (χ1) is 19.5. The Morgan fingerprint density at radius 3 is 2.05 bits per heavy atom. The molecule has 0 radical (unpaired) electrons. The zero-order valence-corrected chi connectivity index (χ0v) is 25.0. The van der Waals surface area contributed by atoms with Crippen LogP contribution in [0.15, 0.2) is 71.6 Å². The molecule has 3 aromatic carbocycles. The number of hydrogen-bond acceptors (Lipinski definition) is 7. The molecule has 0 aliphatic carbocycles. The summed E-state index contributed by atoms with van der Waals surface area (Å²) in [6.45, 7) is 5.09. The topological polar surface area (TPSA) is 114 Å². The molecule has 3 aromatic rings. The number of sulfonamides is 1. The summed E-state index contributed by atoms with van der Waals surface area (Å²) in [6.07, 6.45) is 0. The zero-order valence-electron chi connectivity index (χ0n) is 24.2. The number of nitrogens with zero attached hydrogens (tertiary/aromatic N) is 2. The van der Waals surface area contributed by atoms with E-state index in [-0.39, 0.29) is 28.8 Å². The summed E-state index contributed by atoms with van der Waals surface area (Å²) in [5.41, 5.74) is 1.74. The molecule has 0 aliphatic heterocycles. The van der Waals surface area contributed by atoms with Gasteiger partial charge in [-0.15, -0.1) is 0 Å². The van der Waals surface area contributed by atoms with Crippen LogP contribution >= 0.6 is 0 Å². The fraction of sp³-hybridized carbons (Fsp3) is 0.333. The SMILES string of the molecule is CCNC(=O)[C@@H](C)N(Cc1ccc(OC)cc1)C(=O)CN(c1cc(OC)ccc1OC)S(=O)(=O)c1ccc(C)cc1. The number of benzene rings is 3. The van der Waals surface area contributed by atoms with Crippen LogP contribution in [0.5, 0.6) is 17.2 Å². The van der Waals surface area contributed by atoms with E-state index in [2.05, 4.69) is 5.32 Å². The standard InChI is InChI=1S/C30H37N3O7S/c1-7-31-30(35)22(3)32(19-23-10-12-24(38-4)13-11-23)29(34)20-33(27-18-25(39-5)14-17-28(27)40-6)41(36,37)26-15-8-21(2)9-16-26/h8-18,22H,7,19-20H2,1-6H3,(H,31,35)/t22-/m1/s1. The van der Waals surface area contributed by atoms with Crippen molar-refractivity contribution >= 4 is 27.5 Å². The second-order valence-electron chi connectivity index (χ2n) is 9.30. The highest BCUT2D eigenvalue weighted by Crippen LogP contribution is 2.36. The third kappa shape index (κ3) is 7.49. The van der Waals surface area contributed by atoms with Crippen molar-refractivity contribution in [3.05, 3.63) is 77.9 Å². The Hall–Kier alpha value is -4.25. The first kappa shape index (κ1) is 31.3. The van der Waals surface area contributed by atoms with E-state index in [1.165, 1.54) is 37.3 Å². The van der Waals surface area contributed by atoms with Crippen molar-refractivity contribution < 1.29 is 32.2 Å². The summed E-state index contributed by atoms with van der Waals surface area (Å²) in [5, 5.41) is 2.74. The predicted octanol–water partition coefficient (Wildman–Crippen LogP) is 3.77. The van der Waals surface area contributed by atoms with E-state index in [4.69, 9.17) is 14.2 Å². The number of aryl methyl sites for hydroxylation is 1. The molecule has 0 bridgehead atoms. The van der Waals surface area contributed by atoms with Gasteiger partial charge in [-0.25, -0.2) is 8.42 Å². The molecule has 0 spiro atoms. The smallest absolute Gasteiger partial charge is 0.264 e. The average molecular weight is 584 g/mol. The number of carbonyl (C=O) groups is 2. The predicted molar refractivity (Wildman–Crippen MR) is 157 cm³/mol. The minimum Gasteiger partial charge on any atom is -0.497 e. The van der Waals surface area contributed by atoms with Crippen molar-refractivity contribution in [1.29, 1.82) is 0 Å². The Balaban J connectivity index is 2.11. The zero-order chi connectivity index (χ0) is 30.2. The van der Waals surface area contributed by atoms with Gasteiger partial charge in [0.05, 0.1) is 31.9 Å². The average Bonchev–Trinajstić information content (AvgIpc) is 2.98. The molecule has 0 saturated heterocycles. The quantitative estimate of drug-likeness (QED) is 0.326. The molecule has 1 atom stereocenters. The third-order valence-electron chi connectivity index (χ3n) is 6.57. The Kier molecular flexibility index (Phi) is 10.6. The maximum atomic E-state index is 14.1. The van der Waals surface area contributed by atoms with Crippen LogP contribution in [-0.4, -0.2) is 65.6 Å². The molecule has 220 valence electrons. The number of methoxy groups -OCH3 is 3. The summed E-state index contributed by atoms with van der Waals surface area (Å²) < 4.78 is 45.2. The highest BCUT2D eigenvalue weighted by molar-refractivity contribution is 7.92. The fourth-order valence-electron chi connectivity index (χ4n) is 4.17. The number of nitrogens with one attached hydrogen (secondary N) is 1. The van der Waals surface area contributed by atoms with Crippen molar-refractivity contribution in [1.82, 2.24) is 10.2 Å². The lowest BCUT2D eigenvalue weighted by molar-refractivity contribution is -0.139. The van der Waals surface area contributed by atoms with Crippen LogP contribution in [0.2, 0.25) is 0 Å². The van der Waals surface area contributed by atoms with Crippen molar-refractivity contribution in [2.75, 3.05) is 38.7 Å². The number of likely N-dealkylation sites (N-methyl/N-ethyl adjacent to an activating group) is 1. The minimum atomic E-state index is -4.26. The molecule has 0 fully saturated rings. The van der Waals surface area contributed by atoms with E-state index in [1.807, 2.05) is 6.92 Å². The van der Waals surface area contributed by atoms with E-state index >= 15 is 0 Å². The molecular formula is C30H37N3O7S. The van der Waals surface area contributed by atoms with Gasteiger partial charge in [0.25, 0.3) is 10.0 Å². The van der Waals surface area contributed by atoms with E-state index in [0.29, 0.717) is 18.0 Å². The van der Waals surface area contributed by atoms with E-state index in [0.717, 1.165) is 15.4 Å². The van der Waals surface area contributed by atoms with Crippen molar-refractivity contribution in [3.63, 3.8) is 0 Å². The van der Waals surface area contributed by atoms with Gasteiger partial charge in [0.1, 0.15) is 29.8 Å². The number of amides is 2. The largest absolute Gasteiger partial charge is 0.497 e. The first-order valence-electron chi connectivity index (χ1n) is 13.1. The molecule has 3 rings (SSSR count). The molecular weight excluding hydrogens is 546 g/mol. The van der Waals surface area contributed by atoms with Crippen molar-refractivity contribution in [2.45, 2.75) is 38.3 Å². The van der Waals surface area contributed by atoms with Crippen LogP contribution in [-0.2, 0) is 26.2 Å². The van der Waals surface area contributed by atoms with Crippen LogP contribution in [0.4, 0.5) is 5.69 Å². The Morgan fingerprint density at radius 1 is 0.878 bits per heavy atom. The number of anilines is 1. The maximum Gasteiger partial charge on any atom is 0.264 e. The molecule has 11 heteroatoms. The van der Waals surface area contributed by atoms with Crippen LogP contribution in [0.3, 0.4) is 0 Å². The highest BCUT2D eigenvalue weighted by Gasteiger charge is 2.34. The molecule has 2 amide bonds. The van der Waals surface area contributed by atoms with Gasteiger partial charge in [-0.2, -0.15) is 0 Å². The number of ether oxygens (including phenoxy) is 3. The summed E-state index contributed by atoms with van der Waals surface area (Å²) in [4.78, 5) is 28.3. The highest BCUT2D eigenvalue weighted by atomic mass is 32.2. The number of carbonyl (C=O) groups excluding carboxylic acids is 2. The Bertz CT molecular complexity index is 1440. The normalized spacial score (nSPS) is 11.8. The first-order valence-corrected chi connectivity index (χ1v) is 14.5. The van der Waals surface area contributed by atoms with E-state index in [1.54, 1.807) is 69.5 Å². The van der Waals surface area contributed by atoms with Crippen LogP contribution in [0.1, 0.15) is 25.0 Å². The van der Waals surface area contributed by atoms with Crippen LogP contribution < -0.4 is 23.8 Å². The van der Waals surface area contributed by atoms with Gasteiger partial charge in [0.2, 0.25) is 11.8 Å². The second-order valence-corrected chi connectivity index (χ2v) is 11.2. The molecule has 10 nitrogen and oxygen atoms in total. The van der Waals surface area contributed by atoms with Gasteiger partial charge in [0.15, 0.2) is 0 Å². The molecule has 0 unspecified atom stereocenters. The van der Waals surface area contributed by atoms with Gasteiger partial charge < -0.3 is 24.4 Å². The summed E-state index contributed by atoms with van der Waals surface area (Å²) in [5.74, 6) is 0.307. The van der Waals surface area contributed by atoms with Crippen LogP contribution in [0.25, 0.3) is 0 Å². The van der Waals surface area contributed by atoms with E-state index < -0.39 is 28.5 Å². The fourth-order valence-corrected chi connectivity index (χ4v) is 5.59. The lowest BCUT2D eigenvalue weighted by atomic mass is 10.1. The summed E-state index contributed by atoms with van der Waals surface area (Å²) >= 11 is 0. The second kappa shape index (κ2) is 13.9. The van der Waals surface area contributed by atoms with Gasteiger partial charge in [0, 0.05) is 19.2 Å². The molecule has 41 heavy (non-hydrogen) atoms.